The second kappa shape index (κ2) is 7.96. The summed E-state index contributed by atoms with van der Waals surface area (Å²) in [6, 6.07) is 11.5. The molecule has 1 amide bonds. The van der Waals surface area contributed by atoms with Gasteiger partial charge in [-0.25, -0.2) is 9.37 Å². The Morgan fingerprint density at radius 2 is 2.03 bits per heavy atom. The molecule has 0 saturated carbocycles. The number of thiazole rings is 1. The molecule has 2 aromatic carbocycles. The number of amides is 1. The van der Waals surface area contributed by atoms with Gasteiger partial charge in [0.2, 0.25) is 0 Å². The highest BCUT2D eigenvalue weighted by atomic mass is 79.9. The standard InChI is InChI=1S/C21H17BrFN3O2S/c1-12-19(10-24-20(27)16-9-15(28-2)7-8-17(16)22)29-21-25-18(11-26(12)21)13-3-5-14(23)6-4-13/h3-9,11H,10H2,1-2H3,(H,24,27). The first-order valence-corrected chi connectivity index (χ1v) is 10.4. The predicted molar refractivity (Wildman–Crippen MR) is 115 cm³/mol. The van der Waals surface area contributed by atoms with Gasteiger partial charge in [-0.3, -0.25) is 9.20 Å². The minimum atomic E-state index is -0.272. The van der Waals surface area contributed by atoms with Crippen LogP contribution >= 0.6 is 27.3 Å². The van der Waals surface area contributed by atoms with E-state index in [1.54, 1.807) is 37.4 Å². The zero-order valence-corrected chi connectivity index (χ0v) is 18.1. The zero-order valence-electron chi connectivity index (χ0n) is 15.7. The number of methoxy groups -OCH3 is 1. The summed E-state index contributed by atoms with van der Waals surface area (Å²) in [5.74, 6) is 0.164. The Kier molecular flexibility index (Phi) is 5.38. The summed E-state index contributed by atoms with van der Waals surface area (Å²) < 4.78 is 21.0. The lowest BCUT2D eigenvalue weighted by molar-refractivity contribution is 0.0950. The molecule has 4 rings (SSSR count). The van der Waals surface area contributed by atoms with Gasteiger partial charge in [-0.15, -0.1) is 0 Å². The number of ether oxygens (including phenoxy) is 1. The number of rotatable bonds is 5. The van der Waals surface area contributed by atoms with E-state index in [1.165, 1.54) is 23.5 Å². The number of nitrogens with one attached hydrogen (secondary N) is 1. The molecule has 0 aliphatic carbocycles. The van der Waals surface area contributed by atoms with Crippen LogP contribution in [0, 0.1) is 12.7 Å². The van der Waals surface area contributed by atoms with E-state index in [9.17, 15) is 9.18 Å². The molecule has 2 heterocycles. The van der Waals surface area contributed by atoms with Gasteiger partial charge in [-0.1, -0.05) is 11.3 Å². The summed E-state index contributed by atoms with van der Waals surface area (Å²) in [5, 5.41) is 2.95. The van der Waals surface area contributed by atoms with Crippen LogP contribution in [-0.4, -0.2) is 22.4 Å². The minimum absolute atomic E-state index is 0.187. The van der Waals surface area contributed by atoms with Crippen molar-refractivity contribution in [1.29, 1.82) is 0 Å². The third-order valence-corrected chi connectivity index (χ3v) is 6.47. The molecule has 0 fully saturated rings. The number of hydrogen-bond acceptors (Lipinski definition) is 4. The van der Waals surface area contributed by atoms with E-state index in [-0.39, 0.29) is 11.7 Å². The summed E-state index contributed by atoms with van der Waals surface area (Å²) in [7, 11) is 1.57. The number of nitrogens with zero attached hydrogens (tertiary/aromatic N) is 2. The van der Waals surface area contributed by atoms with Crippen LogP contribution in [0.4, 0.5) is 4.39 Å². The average Bonchev–Trinajstić information content (AvgIpc) is 3.26. The van der Waals surface area contributed by atoms with E-state index in [0.29, 0.717) is 22.3 Å². The maximum absolute atomic E-state index is 13.1. The van der Waals surface area contributed by atoms with Crippen LogP contribution in [0.5, 0.6) is 5.75 Å². The van der Waals surface area contributed by atoms with Crippen LogP contribution < -0.4 is 10.1 Å². The highest BCUT2D eigenvalue weighted by molar-refractivity contribution is 9.10. The first kappa shape index (κ1) is 19.6. The van der Waals surface area contributed by atoms with E-state index in [4.69, 9.17) is 4.74 Å². The van der Waals surface area contributed by atoms with Crippen molar-refractivity contribution in [3.05, 3.63) is 75.1 Å². The Balaban J connectivity index is 1.53. The molecule has 0 atom stereocenters. The topological polar surface area (TPSA) is 55.6 Å². The Morgan fingerprint density at radius 3 is 2.72 bits per heavy atom. The van der Waals surface area contributed by atoms with Crippen molar-refractivity contribution < 1.29 is 13.9 Å². The molecule has 0 aliphatic rings. The average molecular weight is 474 g/mol. The molecule has 148 valence electrons. The zero-order chi connectivity index (χ0) is 20.5. The fourth-order valence-electron chi connectivity index (χ4n) is 2.98. The fourth-order valence-corrected chi connectivity index (χ4v) is 4.45. The molecule has 0 spiro atoms. The van der Waals surface area contributed by atoms with Gasteiger partial charge in [0, 0.05) is 26.8 Å². The van der Waals surface area contributed by atoms with Crippen molar-refractivity contribution >= 4 is 38.1 Å². The summed E-state index contributed by atoms with van der Waals surface area (Å²) in [4.78, 5) is 19.1. The lowest BCUT2D eigenvalue weighted by atomic mass is 10.2. The quantitative estimate of drug-likeness (QED) is 0.432. The van der Waals surface area contributed by atoms with E-state index in [0.717, 1.165) is 26.8 Å². The largest absolute Gasteiger partial charge is 0.497 e. The van der Waals surface area contributed by atoms with Gasteiger partial charge in [-0.2, -0.15) is 0 Å². The Hall–Kier alpha value is -2.71. The van der Waals surface area contributed by atoms with E-state index >= 15 is 0 Å². The molecule has 4 aromatic rings. The van der Waals surface area contributed by atoms with Crippen molar-refractivity contribution in [3.63, 3.8) is 0 Å². The third kappa shape index (κ3) is 3.90. The van der Waals surface area contributed by atoms with Crippen LogP contribution in [0.2, 0.25) is 0 Å². The molecule has 2 aromatic heterocycles. The molecule has 0 radical (unpaired) electrons. The number of hydrogen-bond donors (Lipinski definition) is 1. The number of carbonyl (C=O) groups excluding carboxylic acids is 1. The van der Waals surface area contributed by atoms with Gasteiger partial charge < -0.3 is 10.1 Å². The number of benzene rings is 2. The summed E-state index contributed by atoms with van der Waals surface area (Å²) in [6.07, 6.45) is 1.93. The molecule has 29 heavy (non-hydrogen) atoms. The number of carbonyl (C=O) groups is 1. The summed E-state index contributed by atoms with van der Waals surface area (Å²) >= 11 is 4.92. The Bertz CT molecular complexity index is 1200. The van der Waals surface area contributed by atoms with Crippen molar-refractivity contribution in [1.82, 2.24) is 14.7 Å². The predicted octanol–water partition coefficient (Wildman–Crippen LogP) is 5.21. The monoisotopic (exact) mass is 473 g/mol. The van der Waals surface area contributed by atoms with Crippen LogP contribution in [0.25, 0.3) is 16.2 Å². The first-order chi connectivity index (χ1) is 14.0. The number of aryl methyl sites for hydroxylation is 1. The number of halogens is 2. The Labute approximate surface area is 179 Å². The molecular weight excluding hydrogens is 457 g/mol. The number of fused-ring (bicyclic) bond motifs is 1. The van der Waals surface area contributed by atoms with Crippen LogP contribution in [0.15, 0.2) is 53.1 Å². The maximum atomic E-state index is 13.1. The normalized spacial score (nSPS) is 11.0. The van der Waals surface area contributed by atoms with Gasteiger partial charge in [0.1, 0.15) is 11.6 Å². The maximum Gasteiger partial charge on any atom is 0.252 e. The van der Waals surface area contributed by atoms with Crippen LogP contribution in [0.1, 0.15) is 20.9 Å². The fraction of sp³-hybridized carbons (Fsp3) is 0.143. The lowest BCUT2D eigenvalue weighted by Gasteiger charge is -2.08. The molecule has 0 bridgehead atoms. The SMILES string of the molecule is COc1ccc(Br)c(C(=O)NCc2sc3nc(-c4ccc(F)cc4)cn3c2C)c1. The number of aromatic nitrogens is 2. The molecule has 0 unspecified atom stereocenters. The smallest absolute Gasteiger partial charge is 0.252 e. The van der Waals surface area contributed by atoms with Crippen LogP contribution in [0.3, 0.4) is 0 Å². The van der Waals surface area contributed by atoms with Crippen molar-refractivity contribution in [3.8, 4) is 17.0 Å². The second-order valence-electron chi connectivity index (χ2n) is 6.42. The van der Waals surface area contributed by atoms with Gasteiger partial charge in [0.25, 0.3) is 5.91 Å². The van der Waals surface area contributed by atoms with Crippen molar-refractivity contribution in [2.24, 2.45) is 0 Å². The highest BCUT2D eigenvalue weighted by Gasteiger charge is 2.15. The summed E-state index contributed by atoms with van der Waals surface area (Å²) in [6.45, 7) is 2.39. The third-order valence-electron chi connectivity index (χ3n) is 4.62. The number of imidazole rings is 1. The molecule has 0 aliphatic heterocycles. The highest BCUT2D eigenvalue weighted by Crippen LogP contribution is 2.28. The van der Waals surface area contributed by atoms with Gasteiger partial charge in [0.05, 0.1) is 24.9 Å². The van der Waals surface area contributed by atoms with E-state index in [1.807, 2.05) is 17.5 Å². The van der Waals surface area contributed by atoms with Crippen molar-refractivity contribution in [2.45, 2.75) is 13.5 Å². The molecule has 0 saturated heterocycles. The van der Waals surface area contributed by atoms with E-state index in [2.05, 4.69) is 26.2 Å². The van der Waals surface area contributed by atoms with Gasteiger partial charge in [-0.05, 0) is 65.3 Å². The Morgan fingerprint density at radius 1 is 1.28 bits per heavy atom. The minimum Gasteiger partial charge on any atom is -0.497 e. The molecule has 1 N–H and O–H groups in total. The second-order valence-corrected chi connectivity index (χ2v) is 8.34. The molecule has 5 nitrogen and oxygen atoms in total. The van der Waals surface area contributed by atoms with Crippen molar-refractivity contribution in [2.75, 3.05) is 7.11 Å². The summed E-state index contributed by atoms with van der Waals surface area (Å²) in [5.41, 5.74) is 3.17. The lowest BCUT2D eigenvalue weighted by Crippen LogP contribution is -2.23. The van der Waals surface area contributed by atoms with Gasteiger partial charge in [0.15, 0.2) is 4.96 Å². The molecule has 8 heteroatoms. The first-order valence-electron chi connectivity index (χ1n) is 8.81. The van der Waals surface area contributed by atoms with Crippen LogP contribution in [-0.2, 0) is 6.54 Å². The van der Waals surface area contributed by atoms with Gasteiger partial charge >= 0.3 is 0 Å². The van der Waals surface area contributed by atoms with E-state index < -0.39 is 0 Å². The molecular formula is C21H17BrFN3O2S.